The lowest BCUT2D eigenvalue weighted by molar-refractivity contribution is 0.0984. The van der Waals surface area contributed by atoms with Gasteiger partial charge in [0.15, 0.2) is 0 Å². The first-order valence-corrected chi connectivity index (χ1v) is 11.9. The van der Waals surface area contributed by atoms with Crippen LogP contribution >= 0.6 is 27.9 Å². The van der Waals surface area contributed by atoms with Crippen LogP contribution in [0.25, 0.3) is 0 Å². The SMILES string of the molecule is CC1CN(c2nc(Br)ccc2C(=O)NSC2CCCCCCC2)C(C)(C)C1. The standard InChI is InChI=1S/C21H32BrN3OS/c1-15-13-21(2,3)25(14-15)19-17(11-12-18(22)23-19)20(26)24-27-16-9-7-5-4-6-8-10-16/h11-12,15-16H,4-10,13-14H2,1-3H3,(H,24,26). The number of halogens is 1. The number of pyridine rings is 1. The van der Waals surface area contributed by atoms with Crippen molar-refractivity contribution in [3.63, 3.8) is 0 Å². The molecular formula is C21H32BrN3OS. The minimum atomic E-state index is -0.0209. The van der Waals surface area contributed by atoms with Gasteiger partial charge in [-0.25, -0.2) is 4.98 Å². The van der Waals surface area contributed by atoms with Crippen molar-refractivity contribution in [1.29, 1.82) is 0 Å². The lowest BCUT2D eigenvalue weighted by atomic mass is 9.97. The Morgan fingerprint density at radius 3 is 2.52 bits per heavy atom. The van der Waals surface area contributed by atoms with Crippen LogP contribution in [0.3, 0.4) is 0 Å². The Morgan fingerprint density at radius 1 is 1.22 bits per heavy atom. The van der Waals surface area contributed by atoms with E-state index in [0.29, 0.717) is 16.7 Å². The lowest BCUT2D eigenvalue weighted by Gasteiger charge is -2.33. The third-order valence-corrected chi connectivity index (χ3v) is 7.33. The van der Waals surface area contributed by atoms with Crippen molar-refractivity contribution in [2.45, 2.75) is 82.9 Å². The van der Waals surface area contributed by atoms with Crippen molar-refractivity contribution < 1.29 is 4.79 Å². The highest BCUT2D eigenvalue weighted by molar-refractivity contribution is 9.10. The second-order valence-corrected chi connectivity index (χ2v) is 10.7. The number of nitrogens with zero attached hydrogens (tertiary/aromatic N) is 2. The highest BCUT2D eigenvalue weighted by atomic mass is 79.9. The quantitative estimate of drug-likeness (QED) is 0.451. The second kappa shape index (κ2) is 9.17. The van der Waals surface area contributed by atoms with Crippen molar-refractivity contribution in [2.24, 2.45) is 5.92 Å². The summed E-state index contributed by atoms with van der Waals surface area (Å²) in [6, 6.07) is 3.77. The zero-order valence-corrected chi connectivity index (χ0v) is 19.2. The molecule has 6 heteroatoms. The largest absolute Gasteiger partial charge is 0.351 e. The first-order chi connectivity index (χ1) is 12.9. The summed E-state index contributed by atoms with van der Waals surface area (Å²) in [5.74, 6) is 1.38. The Morgan fingerprint density at radius 2 is 1.89 bits per heavy atom. The molecular weight excluding hydrogens is 422 g/mol. The summed E-state index contributed by atoms with van der Waals surface area (Å²) in [5.41, 5.74) is 0.688. The van der Waals surface area contributed by atoms with Gasteiger partial charge >= 0.3 is 0 Å². The molecule has 1 amide bonds. The van der Waals surface area contributed by atoms with Gasteiger partial charge in [0, 0.05) is 17.3 Å². The van der Waals surface area contributed by atoms with Crippen LogP contribution in [0, 0.1) is 5.92 Å². The molecule has 27 heavy (non-hydrogen) atoms. The smallest absolute Gasteiger partial charge is 0.264 e. The Hall–Kier alpha value is -0.750. The Kier molecular flexibility index (Phi) is 7.12. The molecule has 1 saturated heterocycles. The van der Waals surface area contributed by atoms with Gasteiger partial charge in [-0.3, -0.25) is 9.52 Å². The van der Waals surface area contributed by atoms with E-state index in [1.807, 2.05) is 12.1 Å². The average Bonchev–Trinajstić information content (AvgIpc) is 2.85. The Bertz CT molecular complexity index is 659. The number of aromatic nitrogens is 1. The first-order valence-electron chi connectivity index (χ1n) is 10.3. The molecule has 3 rings (SSSR count). The van der Waals surface area contributed by atoms with Crippen molar-refractivity contribution in [3.8, 4) is 0 Å². The predicted octanol–water partition coefficient (Wildman–Crippen LogP) is 5.96. The lowest BCUT2D eigenvalue weighted by Crippen LogP contribution is -2.40. The van der Waals surface area contributed by atoms with E-state index in [0.717, 1.165) is 23.4 Å². The maximum atomic E-state index is 13.0. The van der Waals surface area contributed by atoms with Gasteiger partial charge < -0.3 is 4.90 Å². The molecule has 1 unspecified atom stereocenters. The van der Waals surface area contributed by atoms with E-state index >= 15 is 0 Å². The van der Waals surface area contributed by atoms with E-state index in [4.69, 9.17) is 4.98 Å². The Balaban J connectivity index is 1.73. The van der Waals surface area contributed by atoms with Crippen LogP contribution < -0.4 is 9.62 Å². The van der Waals surface area contributed by atoms with E-state index in [9.17, 15) is 4.79 Å². The summed E-state index contributed by atoms with van der Waals surface area (Å²) < 4.78 is 3.91. The van der Waals surface area contributed by atoms with Crippen LogP contribution in [0.5, 0.6) is 0 Å². The summed E-state index contributed by atoms with van der Waals surface area (Å²) in [6.07, 6.45) is 10.1. The summed E-state index contributed by atoms with van der Waals surface area (Å²) in [6.45, 7) is 7.69. The molecule has 1 aromatic rings. The monoisotopic (exact) mass is 453 g/mol. The third kappa shape index (κ3) is 5.41. The summed E-state index contributed by atoms with van der Waals surface area (Å²) in [7, 11) is 0. The van der Waals surface area contributed by atoms with Gasteiger partial charge in [-0.15, -0.1) is 0 Å². The van der Waals surface area contributed by atoms with Gasteiger partial charge in [-0.05, 0) is 79.0 Å². The minimum absolute atomic E-state index is 0.00885. The summed E-state index contributed by atoms with van der Waals surface area (Å²) in [4.78, 5) is 20.0. The van der Waals surface area contributed by atoms with Crippen LogP contribution in [0.15, 0.2) is 16.7 Å². The Labute approximate surface area is 176 Å². The maximum absolute atomic E-state index is 13.0. The molecule has 150 valence electrons. The van der Waals surface area contributed by atoms with Crippen LogP contribution in [-0.2, 0) is 0 Å². The van der Waals surface area contributed by atoms with Crippen LogP contribution in [0.4, 0.5) is 5.82 Å². The molecule has 2 fully saturated rings. The molecule has 0 spiro atoms. The third-order valence-electron chi connectivity index (χ3n) is 5.78. The number of carbonyl (C=O) groups excluding carboxylic acids is 1. The van der Waals surface area contributed by atoms with Crippen LogP contribution in [-0.4, -0.2) is 28.2 Å². The molecule has 0 aromatic carbocycles. The zero-order chi connectivity index (χ0) is 19.4. The molecule has 2 heterocycles. The normalized spacial score (nSPS) is 23.7. The van der Waals surface area contributed by atoms with E-state index in [2.05, 4.69) is 46.3 Å². The molecule has 1 aliphatic carbocycles. The van der Waals surface area contributed by atoms with E-state index in [1.165, 1.54) is 44.9 Å². The number of hydrogen-bond acceptors (Lipinski definition) is 4. The van der Waals surface area contributed by atoms with Gasteiger partial charge in [0.25, 0.3) is 5.91 Å². The molecule has 1 saturated carbocycles. The predicted molar refractivity (Wildman–Crippen MR) is 118 cm³/mol. The van der Waals surface area contributed by atoms with Crippen molar-refractivity contribution in [1.82, 2.24) is 9.71 Å². The van der Waals surface area contributed by atoms with E-state index in [-0.39, 0.29) is 11.4 Å². The molecule has 1 atom stereocenters. The molecule has 0 bridgehead atoms. The molecule has 1 aliphatic heterocycles. The van der Waals surface area contributed by atoms with E-state index < -0.39 is 0 Å². The van der Waals surface area contributed by atoms with E-state index in [1.54, 1.807) is 11.9 Å². The van der Waals surface area contributed by atoms with Gasteiger partial charge in [0.05, 0.1) is 5.56 Å². The molecule has 1 aromatic heterocycles. The molecule has 1 N–H and O–H groups in total. The first kappa shape index (κ1) is 21.0. The number of amides is 1. The average molecular weight is 454 g/mol. The van der Waals surface area contributed by atoms with Gasteiger partial charge in [-0.1, -0.05) is 39.0 Å². The number of carbonyl (C=O) groups is 1. The fourth-order valence-corrected chi connectivity index (χ4v) is 5.75. The van der Waals surface area contributed by atoms with Crippen molar-refractivity contribution in [2.75, 3.05) is 11.4 Å². The summed E-state index contributed by atoms with van der Waals surface area (Å²) in [5, 5.41) is 0.532. The topological polar surface area (TPSA) is 45.2 Å². The van der Waals surface area contributed by atoms with Gasteiger partial charge in [-0.2, -0.15) is 0 Å². The number of hydrogen-bond donors (Lipinski definition) is 1. The maximum Gasteiger partial charge on any atom is 0.264 e. The number of rotatable bonds is 4. The fourth-order valence-electron chi connectivity index (χ4n) is 4.50. The fraction of sp³-hybridized carbons (Fsp3) is 0.714. The zero-order valence-electron chi connectivity index (χ0n) is 16.8. The van der Waals surface area contributed by atoms with Gasteiger partial charge in [0.1, 0.15) is 10.4 Å². The molecule has 0 radical (unpaired) electrons. The highest BCUT2D eigenvalue weighted by Crippen LogP contribution is 2.38. The van der Waals surface area contributed by atoms with Crippen LogP contribution in [0.2, 0.25) is 0 Å². The minimum Gasteiger partial charge on any atom is -0.351 e. The van der Waals surface area contributed by atoms with Crippen molar-refractivity contribution >= 4 is 39.6 Å². The highest BCUT2D eigenvalue weighted by Gasteiger charge is 2.38. The van der Waals surface area contributed by atoms with Gasteiger partial charge in [0.2, 0.25) is 0 Å². The molecule has 2 aliphatic rings. The summed E-state index contributed by atoms with van der Waals surface area (Å²) >= 11 is 5.11. The second-order valence-electron chi connectivity index (χ2n) is 8.75. The van der Waals surface area contributed by atoms with Crippen LogP contribution in [0.1, 0.15) is 82.5 Å². The van der Waals surface area contributed by atoms with Crippen molar-refractivity contribution in [3.05, 3.63) is 22.3 Å². The number of nitrogens with one attached hydrogen (secondary N) is 1. The molecule has 4 nitrogen and oxygen atoms in total. The number of anilines is 1.